The van der Waals surface area contributed by atoms with Gasteiger partial charge in [0.15, 0.2) is 0 Å². The van der Waals surface area contributed by atoms with E-state index < -0.39 is 0 Å². The van der Waals surface area contributed by atoms with Gasteiger partial charge in [-0.15, -0.1) is 0 Å². The molecule has 0 saturated heterocycles. The average Bonchev–Trinajstić information content (AvgIpc) is 2.30. The quantitative estimate of drug-likeness (QED) is 0.709. The fraction of sp³-hybridized carbons (Fsp3) is 0.357. The van der Waals surface area contributed by atoms with Crippen molar-refractivity contribution in [3.05, 3.63) is 41.5 Å². The van der Waals surface area contributed by atoms with Gasteiger partial charge in [0, 0.05) is 0 Å². The first-order valence-corrected chi connectivity index (χ1v) is 5.67. The number of carbonyl (C=O) groups excluding carboxylic acids is 1. The lowest BCUT2D eigenvalue weighted by molar-refractivity contribution is -0.142. The molecule has 1 aromatic carbocycles. The minimum atomic E-state index is -0.176. The highest BCUT2D eigenvalue weighted by Gasteiger charge is 1.96. The number of aryl methyl sites for hydroxylation is 1. The Kier molecular flexibility index (Phi) is 5.34. The van der Waals surface area contributed by atoms with Crippen LogP contribution in [0.3, 0.4) is 0 Å². The molecule has 0 aliphatic carbocycles. The molecule has 0 radical (unpaired) electrons. The number of benzene rings is 1. The van der Waals surface area contributed by atoms with Crippen molar-refractivity contribution in [2.24, 2.45) is 0 Å². The van der Waals surface area contributed by atoms with Crippen LogP contribution in [0.25, 0.3) is 6.08 Å². The molecule has 86 valence electrons. The molecule has 0 saturated carbocycles. The Bertz CT molecular complexity index is 367. The minimum Gasteiger partial charge on any atom is -0.466 e. The van der Waals surface area contributed by atoms with Crippen LogP contribution in [-0.2, 0) is 16.0 Å². The molecule has 0 N–H and O–H groups in total. The SMILES string of the molecule is CCOC(=O)CC=Cc1cccc(CC)c1. The van der Waals surface area contributed by atoms with Crippen LogP contribution in [0.5, 0.6) is 0 Å². The molecule has 2 nitrogen and oxygen atoms in total. The van der Waals surface area contributed by atoms with Crippen LogP contribution >= 0.6 is 0 Å². The first kappa shape index (κ1) is 12.5. The van der Waals surface area contributed by atoms with Crippen molar-refractivity contribution in [3.8, 4) is 0 Å². The highest BCUT2D eigenvalue weighted by atomic mass is 16.5. The zero-order valence-electron chi connectivity index (χ0n) is 9.90. The summed E-state index contributed by atoms with van der Waals surface area (Å²) < 4.78 is 4.83. The van der Waals surface area contributed by atoms with Gasteiger partial charge in [-0.3, -0.25) is 4.79 Å². The van der Waals surface area contributed by atoms with Crippen molar-refractivity contribution in [2.45, 2.75) is 26.7 Å². The normalized spacial score (nSPS) is 10.6. The van der Waals surface area contributed by atoms with Gasteiger partial charge in [-0.05, 0) is 24.5 Å². The molecular weight excluding hydrogens is 200 g/mol. The van der Waals surface area contributed by atoms with Crippen molar-refractivity contribution < 1.29 is 9.53 Å². The maximum Gasteiger partial charge on any atom is 0.309 e. The predicted octanol–water partition coefficient (Wildman–Crippen LogP) is 3.22. The molecule has 0 aromatic heterocycles. The predicted molar refractivity (Wildman–Crippen MR) is 66.1 cm³/mol. The molecule has 0 unspecified atom stereocenters. The van der Waals surface area contributed by atoms with Crippen molar-refractivity contribution >= 4 is 12.0 Å². The number of carbonyl (C=O) groups is 1. The second kappa shape index (κ2) is 6.83. The molecule has 0 aliphatic rings. The molecule has 1 rings (SSSR count). The monoisotopic (exact) mass is 218 g/mol. The maximum absolute atomic E-state index is 11.1. The fourth-order valence-corrected chi connectivity index (χ4v) is 1.43. The van der Waals surface area contributed by atoms with Crippen LogP contribution in [0.15, 0.2) is 30.3 Å². The number of hydrogen-bond donors (Lipinski definition) is 0. The van der Waals surface area contributed by atoms with Gasteiger partial charge in [0.05, 0.1) is 13.0 Å². The summed E-state index contributed by atoms with van der Waals surface area (Å²) in [6, 6.07) is 8.29. The van der Waals surface area contributed by atoms with E-state index in [1.165, 1.54) is 5.56 Å². The smallest absolute Gasteiger partial charge is 0.309 e. The van der Waals surface area contributed by atoms with E-state index in [1.54, 1.807) is 0 Å². The lowest BCUT2D eigenvalue weighted by atomic mass is 10.1. The van der Waals surface area contributed by atoms with E-state index in [9.17, 15) is 4.79 Å². The molecule has 0 atom stereocenters. The van der Waals surface area contributed by atoms with Crippen molar-refractivity contribution in [1.29, 1.82) is 0 Å². The minimum absolute atomic E-state index is 0.176. The van der Waals surface area contributed by atoms with E-state index in [-0.39, 0.29) is 5.97 Å². The standard InChI is InChI=1S/C14H18O2/c1-3-12-7-5-8-13(11-12)9-6-10-14(15)16-4-2/h5-9,11H,3-4,10H2,1-2H3. The summed E-state index contributed by atoms with van der Waals surface area (Å²) in [4.78, 5) is 11.1. The zero-order valence-corrected chi connectivity index (χ0v) is 9.90. The zero-order chi connectivity index (χ0) is 11.8. The Morgan fingerprint density at radius 1 is 1.38 bits per heavy atom. The van der Waals surface area contributed by atoms with Crippen LogP contribution < -0.4 is 0 Å². The molecular formula is C14H18O2. The van der Waals surface area contributed by atoms with Gasteiger partial charge in [-0.2, -0.15) is 0 Å². The Hall–Kier alpha value is -1.57. The van der Waals surface area contributed by atoms with Gasteiger partial charge < -0.3 is 4.74 Å². The average molecular weight is 218 g/mol. The van der Waals surface area contributed by atoms with Crippen LogP contribution in [0.1, 0.15) is 31.4 Å². The molecule has 0 bridgehead atoms. The summed E-state index contributed by atoms with van der Waals surface area (Å²) in [5.41, 5.74) is 2.43. The second-order valence-corrected chi connectivity index (χ2v) is 3.51. The van der Waals surface area contributed by atoms with Crippen LogP contribution in [0, 0.1) is 0 Å². The lowest BCUT2D eigenvalue weighted by Crippen LogP contribution is -2.01. The first-order valence-electron chi connectivity index (χ1n) is 5.67. The highest BCUT2D eigenvalue weighted by Crippen LogP contribution is 2.08. The number of rotatable bonds is 5. The van der Waals surface area contributed by atoms with Gasteiger partial charge in [0.1, 0.15) is 0 Å². The Labute approximate surface area is 96.9 Å². The van der Waals surface area contributed by atoms with Gasteiger partial charge in [-0.25, -0.2) is 0 Å². The summed E-state index contributed by atoms with van der Waals surface area (Å²) in [6.45, 7) is 4.38. The van der Waals surface area contributed by atoms with Crippen molar-refractivity contribution in [1.82, 2.24) is 0 Å². The molecule has 1 aromatic rings. The molecule has 2 heteroatoms. The summed E-state index contributed by atoms with van der Waals surface area (Å²) >= 11 is 0. The van der Waals surface area contributed by atoms with Crippen LogP contribution in [0.4, 0.5) is 0 Å². The van der Waals surface area contributed by atoms with Crippen molar-refractivity contribution in [3.63, 3.8) is 0 Å². The maximum atomic E-state index is 11.1. The van der Waals surface area contributed by atoms with E-state index in [4.69, 9.17) is 4.74 Å². The largest absolute Gasteiger partial charge is 0.466 e. The number of esters is 1. The molecule has 0 heterocycles. The van der Waals surface area contributed by atoms with E-state index >= 15 is 0 Å². The van der Waals surface area contributed by atoms with E-state index in [2.05, 4.69) is 19.1 Å². The van der Waals surface area contributed by atoms with Gasteiger partial charge >= 0.3 is 5.97 Å². The lowest BCUT2D eigenvalue weighted by Gasteiger charge is -1.99. The van der Waals surface area contributed by atoms with Crippen molar-refractivity contribution in [2.75, 3.05) is 6.61 Å². The Balaban J connectivity index is 2.52. The van der Waals surface area contributed by atoms with E-state index in [0.29, 0.717) is 13.0 Å². The third-order valence-corrected chi connectivity index (χ3v) is 2.26. The molecule has 0 spiro atoms. The molecule has 0 amide bonds. The van der Waals surface area contributed by atoms with Gasteiger partial charge in [0.2, 0.25) is 0 Å². The molecule has 0 fully saturated rings. The van der Waals surface area contributed by atoms with Gasteiger partial charge in [-0.1, -0.05) is 43.3 Å². The fourth-order valence-electron chi connectivity index (χ4n) is 1.43. The Morgan fingerprint density at radius 2 is 2.19 bits per heavy atom. The summed E-state index contributed by atoms with van der Waals surface area (Å²) in [5.74, 6) is -0.176. The first-order chi connectivity index (χ1) is 7.76. The highest BCUT2D eigenvalue weighted by molar-refractivity contribution is 5.72. The van der Waals surface area contributed by atoms with Gasteiger partial charge in [0.25, 0.3) is 0 Å². The van der Waals surface area contributed by atoms with Crippen LogP contribution in [0.2, 0.25) is 0 Å². The third-order valence-electron chi connectivity index (χ3n) is 2.26. The second-order valence-electron chi connectivity index (χ2n) is 3.51. The Morgan fingerprint density at radius 3 is 2.88 bits per heavy atom. The summed E-state index contributed by atoms with van der Waals surface area (Å²) in [7, 11) is 0. The van der Waals surface area contributed by atoms with E-state index in [0.717, 1.165) is 12.0 Å². The van der Waals surface area contributed by atoms with Crippen LogP contribution in [-0.4, -0.2) is 12.6 Å². The topological polar surface area (TPSA) is 26.3 Å². The summed E-state index contributed by atoms with van der Waals surface area (Å²) in [6.07, 6.45) is 5.16. The number of hydrogen-bond acceptors (Lipinski definition) is 2. The van der Waals surface area contributed by atoms with E-state index in [1.807, 2.05) is 31.2 Å². The third kappa shape index (κ3) is 4.30. The summed E-state index contributed by atoms with van der Waals surface area (Å²) in [5, 5.41) is 0. The molecule has 16 heavy (non-hydrogen) atoms. The number of ether oxygens (including phenoxy) is 1. The molecule has 0 aliphatic heterocycles.